The number of halogens is 1. The second-order valence-electron chi connectivity index (χ2n) is 6.70. The van der Waals surface area contributed by atoms with E-state index in [4.69, 9.17) is 21.3 Å². The van der Waals surface area contributed by atoms with Crippen LogP contribution >= 0.6 is 11.6 Å². The van der Waals surface area contributed by atoms with Crippen molar-refractivity contribution in [3.05, 3.63) is 47.1 Å². The third kappa shape index (κ3) is 4.26. The summed E-state index contributed by atoms with van der Waals surface area (Å²) < 4.78 is 5.41. The Morgan fingerprint density at radius 2 is 1.62 bits per heavy atom. The molecular weight excluding hydrogens is 350 g/mol. The van der Waals surface area contributed by atoms with Gasteiger partial charge in [0.1, 0.15) is 11.0 Å². The zero-order valence-electron chi connectivity index (χ0n) is 14.9. The molecule has 2 aliphatic heterocycles. The van der Waals surface area contributed by atoms with Crippen LogP contribution in [0.5, 0.6) is 0 Å². The number of anilines is 2. The molecule has 0 atom stereocenters. The van der Waals surface area contributed by atoms with Crippen LogP contribution in [0.2, 0.25) is 5.15 Å². The maximum absolute atomic E-state index is 6.28. The Morgan fingerprint density at radius 3 is 2.35 bits per heavy atom. The topological polar surface area (TPSA) is 44.7 Å². The molecule has 0 spiro atoms. The SMILES string of the molecule is Clc1cc(N2CCN(Cc3ccccc3)CC2)nc(N2CCOCC2)n1. The molecule has 0 saturated carbocycles. The summed E-state index contributed by atoms with van der Waals surface area (Å²) >= 11 is 6.28. The molecule has 138 valence electrons. The van der Waals surface area contributed by atoms with Crippen LogP contribution in [0.1, 0.15) is 5.56 Å². The molecule has 0 bridgehead atoms. The minimum Gasteiger partial charge on any atom is -0.378 e. The number of piperazine rings is 1. The first-order chi connectivity index (χ1) is 12.8. The van der Waals surface area contributed by atoms with Gasteiger partial charge in [-0.25, -0.2) is 4.98 Å². The number of rotatable bonds is 4. The van der Waals surface area contributed by atoms with Crippen molar-refractivity contribution in [1.29, 1.82) is 0 Å². The van der Waals surface area contributed by atoms with E-state index in [-0.39, 0.29) is 0 Å². The zero-order valence-corrected chi connectivity index (χ0v) is 15.6. The van der Waals surface area contributed by atoms with E-state index in [1.807, 2.05) is 6.07 Å². The van der Waals surface area contributed by atoms with E-state index in [9.17, 15) is 0 Å². The number of morpholine rings is 1. The molecule has 2 aliphatic rings. The molecule has 2 aromatic rings. The van der Waals surface area contributed by atoms with E-state index in [2.05, 4.69) is 50.0 Å². The van der Waals surface area contributed by atoms with Crippen LogP contribution in [0.25, 0.3) is 0 Å². The lowest BCUT2D eigenvalue weighted by Gasteiger charge is -2.36. The van der Waals surface area contributed by atoms with E-state index < -0.39 is 0 Å². The number of nitrogens with zero attached hydrogens (tertiary/aromatic N) is 5. The molecule has 1 aromatic carbocycles. The quantitative estimate of drug-likeness (QED) is 0.766. The smallest absolute Gasteiger partial charge is 0.228 e. The predicted octanol–water partition coefficient (Wildman–Crippen LogP) is 2.29. The second kappa shape index (κ2) is 8.20. The van der Waals surface area contributed by atoms with Crippen molar-refractivity contribution < 1.29 is 4.74 Å². The van der Waals surface area contributed by atoms with E-state index in [0.717, 1.165) is 51.6 Å². The first kappa shape index (κ1) is 17.5. The van der Waals surface area contributed by atoms with Crippen molar-refractivity contribution >= 4 is 23.4 Å². The van der Waals surface area contributed by atoms with E-state index in [0.29, 0.717) is 24.3 Å². The summed E-state index contributed by atoms with van der Waals surface area (Å²) in [7, 11) is 0. The maximum atomic E-state index is 6.28. The molecule has 1 aromatic heterocycles. The number of hydrogen-bond donors (Lipinski definition) is 0. The first-order valence-electron chi connectivity index (χ1n) is 9.16. The molecule has 0 amide bonds. The van der Waals surface area contributed by atoms with Crippen LogP contribution in [0.4, 0.5) is 11.8 Å². The normalized spacial score (nSPS) is 19.0. The van der Waals surface area contributed by atoms with Gasteiger partial charge < -0.3 is 14.5 Å². The lowest BCUT2D eigenvalue weighted by atomic mass is 10.2. The highest BCUT2D eigenvalue weighted by atomic mass is 35.5. The summed E-state index contributed by atoms with van der Waals surface area (Å²) in [4.78, 5) is 16.1. The molecule has 3 heterocycles. The molecule has 26 heavy (non-hydrogen) atoms. The first-order valence-corrected chi connectivity index (χ1v) is 9.54. The van der Waals surface area contributed by atoms with Gasteiger partial charge in [-0.05, 0) is 5.56 Å². The van der Waals surface area contributed by atoms with Gasteiger partial charge in [0.2, 0.25) is 5.95 Å². The molecule has 4 rings (SSSR count). The fourth-order valence-corrected chi connectivity index (χ4v) is 3.61. The Labute approximate surface area is 159 Å². The second-order valence-corrected chi connectivity index (χ2v) is 7.08. The van der Waals surface area contributed by atoms with Crippen molar-refractivity contribution in [2.24, 2.45) is 0 Å². The maximum Gasteiger partial charge on any atom is 0.228 e. The lowest BCUT2D eigenvalue weighted by Crippen LogP contribution is -2.46. The van der Waals surface area contributed by atoms with Gasteiger partial charge in [-0.3, -0.25) is 4.90 Å². The Kier molecular flexibility index (Phi) is 5.53. The van der Waals surface area contributed by atoms with Crippen LogP contribution in [-0.2, 0) is 11.3 Å². The van der Waals surface area contributed by atoms with Gasteiger partial charge in [0.15, 0.2) is 0 Å². The van der Waals surface area contributed by atoms with Gasteiger partial charge in [-0.1, -0.05) is 41.9 Å². The summed E-state index contributed by atoms with van der Waals surface area (Å²) in [6.07, 6.45) is 0. The Bertz CT molecular complexity index is 715. The minimum absolute atomic E-state index is 0.503. The molecule has 0 unspecified atom stereocenters. The largest absolute Gasteiger partial charge is 0.378 e. The van der Waals surface area contributed by atoms with Crippen LogP contribution in [0.15, 0.2) is 36.4 Å². The third-order valence-electron chi connectivity index (χ3n) is 4.91. The summed E-state index contributed by atoms with van der Waals surface area (Å²) in [5.74, 6) is 1.63. The molecule has 2 saturated heterocycles. The summed E-state index contributed by atoms with van der Waals surface area (Å²) in [6, 6.07) is 12.5. The molecule has 7 heteroatoms. The average Bonchev–Trinajstić information content (AvgIpc) is 2.70. The van der Waals surface area contributed by atoms with Crippen molar-refractivity contribution in [2.75, 3.05) is 62.3 Å². The van der Waals surface area contributed by atoms with Gasteiger partial charge in [-0.2, -0.15) is 4.98 Å². The average molecular weight is 374 g/mol. The van der Waals surface area contributed by atoms with Crippen molar-refractivity contribution in [1.82, 2.24) is 14.9 Å². The molecular formula is C19H24ClN5O. The number of aromatic nitrogens is 2. The van der Waals surface area contributed by atoms with E-state index in [1.54, 1.807) is 0 Å². The number of hydrogen-bond acceptors (Lipinski definition) is 6. The number of ether oxygens (including phenoxy) is 1. The lowest BCUT2D eigenvalue weighted by molar-refractivity contribution is 0.122. The Morgan fingerprint density at radius 1 is 0.885 bits per heavy atom. The third-order valence-corrected chi connectivity index (χ3v) is 5.10. The van der Waals surface area contributed by atoms with Crippen LogP contribution in [-0.4, -0.2) is 67.4 Å². The van der Waals surface area contributed by atoms with Crippen LogP contribution in [0, 0.1) is 0 Å². The summed E-state index contributed by atoms with van der Waals surface area (Å²) in [5.41, 5.74) is 1.36. The van der Waals surface area contributed by atoms with E-state index >= 15 is 0 Å². The predicted molar refractivity (Wildman–Crippen MR) is 104 cm³/mol. The number of benzene rings is 1. The highest BCUT2D eigenvalue weighted by Crippen LogP contribution is 2.22. The van der Waals surface area contributed by atoms with Gasteiger partial charge in [0, 0.05) is 51.9 Å². The molecule has 0 aliphatic carbocycles. The monoisotopic (exact) mass is 373 g/mol. The minimum atomic E-state index is 0.503. The van der Waals surface area contributed by atoms with Crippen molar-refractivity contribution in [2.45, 2.75) is 6.54 Å². The molecule has 0 N–H and O–H groups in total. The summed E-state index contributed by atoms with van der Waals surface area (Å²) in [6.45, 7) is 7.97. The Balaban J connectivity index is 1.40. The molecule has 0 radical (unpaired) electrons. The molecule has 6 nitrogen and oxygen atoms in total. The van der Waals surface area contributed by atoms with Gasteiger partial charge in [0.25, 0.3) is 0 Å². The van der Waals surface area contributed by atoms with E-state index in [1.165, 1.54) is 5.56 Å². The van der Waals surface area contributed by atoms with Crippen LogP contribution < -0.4 is 9.80 Å². The highest BCUT2D eigenvalue weighted by Gasteiger charge is 2.21. The standard InChI is InChI=1S/C19H24ClN5O/c20-17-14-18(22-19(21-17)25-10-12-26-13-11-25)24-8-6-23(7-9-24)15-16-4-2-1-3-5-16/h1-5,14H,6-13,15H2. The fourth-order valence-electron chi connectivity index (χ4n) is 3.44. The van der Waals surface area contributed by atoms with Crippen molar-refractivity contribution in [3.63, 3.8) is 0 Å². The van der Waals surface area contributed by atoms with Crippen molar-refractivity contribution in [3.8, 4) is 0 Å². The van der Waals surface area contributed by atoms with Crippen LogP contribution in [0.3, 0.4) is 0 Å². The van der Waals surface area contributed by atoms with Gasteiger partial charge >= 0.3 is 0 Å². The zero-order chi connectivity index (χ0) is 17.8. The van der Waals surface area contributed by atoms with Gasteiger partial charge in [-0.15, -0.1) is 0 Å². The summed E-state index contributed by atoms with van der Waals surface area (Å²) in [5, 5.41) is 0.503. The Hall–Kier alpha value is -1.89. The van der Waals surface area contributed by atoms with Gasteiger partial charge in [0.05, 0.1) is 13.2 Å². The molecule has 2 fully saturated rings. The fraction of sp³-hybridized carbons (Fsp3) is 0.474. The highest BCUT2D eigenvalue weighted by molar-refractivity contribution is 6.29.